The Hall–Kier alpha value is -4.92. The van der Waals surface area contributed by atoms with Crippen LogP contribution in [0.2, 0.25) is 0 Å². The van der Waals surface area contributed by atoms with Crippen LogP contribution in [0.4, 0.5) is 0 Å². The average molecular weight is 482 g/mol. The number of nitrogens with zero attached hydrogens (tertiary/aromatic N) is 1. The lowest BCUT2D eigenvalue weighted by molar-refractivity contribution is -0.121. The van der Waals surface area contributed by atoms with E-state index >= 15 is 0 Å². The number of ether oxygens (including phenoxy) is 1. The number of hydrogen-bond donors (Lipinski definition) is 3. The third-order valence-corrected chi connectivity index (χ3v) is 6.07. The molecule has 0 spiro atoms. The molecule has 36 heavy (non-hydrogen) atoms. The molecular formula is C27H22N4O5. The highest BCUT2D eigenvalue weighted by Crippen LogP contribution is 2.26. The number of carbonyl (C=O) groups is 4. The second-order valence-corrected chi connectivity index (χ2v) is 8.32. The van der Waals surface area contributed by atoms with E-state index in [0.717, 1.165) is 21.4 Å². The molecule has 3 N–H and O–H groups in total. The molecule has 1 aromatic heterocycles. The highest BCUT2D eigenvalue weighted by Gasteiger charge is 2.35. The number of nitrogens with one attached hydrogen (secondary N) is 3. The van der Waals surface area contributed by atoms with Crippen LogP contribution in [0.5, 0.6) is 5.75 Å². The maximum atomic E-state index is 12.9. The fourth-order valence-electron chi connectivity index (χ4n) is 4.29. The second kappa shape index (κ2) is 9.38. The minimum atomic E-state index is -0.594. The number of para-hydroxylation sites is 1. The van der Waals surface area contributed by atoms with Crippen LogP contribution in [0.3, 0.4) is 0 Å². The van der Waals surface area contributed by atoms with E-state index in [-0.39, 0.29) is 36.1 Å². The van der Waals surface area contributed by atoms with E-state index in [4.69, 9.17) is 4.74 Å². The molecule has 0 fully saturated rings. The molecule has 1 aliphatic heterocycles. The highest BCUT2D eigenvalue weighted by molar-refractivity contribution is 6.21. The Morgan fingerprint density at radius 1 is 0.917 bits per heavy atom. The van der Waals surface area contributed by atoms with Gasteiger partial charge in [0.25, 0.3) is 17.7 Å². The lowest BCUT2D eigenvalue weighted by Gasteiger charge is -2.16. The van der Waals surface area contributed by atoms with Crippen LogP contribution in [-0.4, -0.2) is 40.6 Å². The number of amides is 4. The molecule has 1 aliphatic rings. The van der Waals surface area contributed by atoms with E-state index in [9.17, 15) is 19.2 Å². The first-order valence-corrected chi connectivity index (χ1v) is 11.2. The first kappa shape index (κ1) is 22.9. The van der Waals surface area contributed by atoms with Crippen molar-refractivity contribution in [2.75, 3.05) is 7.11 Å². The highest BCUT2D eigenvalue weighted by atomic mass is 16.5. The lowest BCUT2D eigenvalue weighted by Crippen LogP contribution is -2.42. The number of imide groups is 1. The summed E-state index contributed by atoms with van der Waals surface area (Å²) in [6.45, 7) is -0.0104. The van der Waals surface area contributed by atoms with Crippen LogP contribution in [0, 0.1) is 0 Å². The van der Waals surface area contributed by atoms with Crippen LogP contribution in [-0.2, 0) is 17.8 Å². The molecule has 0 aliphatic carbocycles. The number of aromatic nitrogens is 1. The molecule has 9 heteroatoms. The molecule has 180 valence electrons. The van der Waals surface area contributed by atoms with Gasteiger partial charge in [-0.1, -0.05) is 36.4 Å². The van der Waals surface area contributed by atoms with Gasteiger partial charge in [-0.05, 0) is 41.5 Å². The van der Waals surface area contributed by atoms with Crippen molar-refractivity contribution in [3.63, 3.8) is 0 Å². The number of rotatable bonds is 6. The Labute approximate surface area is 206 Å². The summed E-state index contributed by atoms with van der Waals surface area (Å²) < 4.78 is 5.30. The van der Waals surface area contributed by atoms with E-state index in [1.165, 1.54) is 13.2 Å². The van der Waals surface area contributed by atoms with Crippen molar-refractivity contribution < 1.29 is 23.9 Å². The number of benzene rings is 3. The molecular weight excluding hydrogens is 460 g/mol. The predicted octanol–water partition coefficient (Wildman–Crippen LogP) is 2.98. The molecule has 2 heterocycles. The zero-order valence-corrected chi connectivity index (χ0v) is 19.3. The first-order chi connectivity index (χ1) is 17.5. The van der Waals surface area contributed by atoms with Gasteiger partial charge in [0.05, 0.1) is 36.8 Å². The summed E-state index contributed by atoms with van der Waals surface area (Å²) >= 11 is 0. The van der Waals surface area contributed by atoms with E-state index < -0.39 is 11.8 Å². The molecule has 0 saturated heterocycles. The van der Waals surface area contributed by atoms with Crippen molar-refractivity contribution in [3.8, 4) is 5.75 Å². The zero-order valence-electron chi connectivity index (χ0n) is 19.3. The van der Waals surface area contributed by atoms with Crippen molar-refractivity contribution in [1.29, 1.82) is 0 Å². The van der Waals surface area contributed by atoms with Crippen molar-refractivity contribution in [1.82, 2.24) is 20.7 Å². The van der Waals surface area contributed by atoms with Crippen LogP contribution < -0.4 is 15.6 Å². The third kappa shape index (κ3) is 4.18. The summed E-state index contributed by atoms with van der Waals surface area (Å²) in [6, 6.07) is 19.0. The molecule has 4 aromatic rings. The lowest BCUT2D eigenvalue weighted by atomic mass is 10.1. The van der Waals surface area contributed by atoms with Crippen molar-refractivity contribution in [2.45, 2.75) is 13.0 Å². The summed E-state index contributed by atoms with van der Waals surface area (Å²) in [5, 5.41) is 0.932. The molecule has 5 rings (SSSR count). The number of fused-ring (bicyclic) bond motifs is 2. The molecule has 0 atom stereocenters. The van der Waals surface area contributed by atoms with Gasteiger partial charge in [0.15, 0.2) is 0 Å². The summed E-state index contributed by atoms with van der Waals surface area (Å²) in [6.07, 6.45) is 1.83. The Bertz CT molecular complexity index is 1490. The number of methoxy groups -OCH3 is 1. The Kier molecular flexibility index (Phi) is 5.95. The van der Waals surface area contributed by atoms with Crippen LogP contribution in [0.15, 0.2) is 72.9 Å². The van der Waals surface area contributed by atoms with E-state index in [0.29, 0.717) is 16.7 Å². The number of hydrazine groups is 1. The summed E-state index contributed by atoms with van der Waals surface area (Å²) in [4.78, 5) is 55.0. The summed E-state index contributed by atoms with van der Waals surface area (Å²) in [7, 11) is 1.42. The van der Waals surface area contributed by atoms with Crippen LogP contribution >= 0.6 is 0 Å². The molecule has 9 nitrogen and oxygen atoms in total. The van der Waals surface area contributed by atoms with E-state index in [1.54, 1.807) is 42.6 Å². The second-order valence-electron chi connectivity index (χ2n) is 8.32. The van der Waals surface area contributed by atoms with E-state index in [2.05, 4.69) is 15.8 Å². The van der Waals surface area contributed by atoms with Gasteiger partial charge in [0, 0.05) is 17.1 Å². The minimum absolute atomic E-state index is 0.0104. The maximum Gasteiger partial charge on any atom is 0.273 e. The summed E-state index contributed by atoms with van der Waals surface area (Å²) in [5.41, 5.74) is 7.98. The SMILES string of the molecule is COc1ccc(CN2C(=O)c3ccccc3C2=O)cc1C(=O)NNC(=O)Cc1c[nH]c2ccccc12. The Morgan fingerprint density at radius 2 is 1.61 bits per heavy atom. The van der Waals surface area contributed by atoms with Gasteiger partial charge in [0.2, 0.25) is 5.91 Å². The van der Waals surface area contributed by atoms with Gasteiger partial charge in [-0.15, -0.1) is 0 Å². The van der Waals surface area contributed by atoms with Crippen molar-refractivity contribution >= 4 is 34.5 Å². The van der Waals surface area contributed by atoms with Gasteiger partial charge < -0.3 is 9.72 Å². The standard InChI is InChI=1S/C27H22N4O5/c1-36-23-11-10-16(15-31-26(34)19-7-2-3-8-20(19)27(31)35)12-21(23)25(33)30-29-24(32)13-17-14-28-22-9-5-4-6-18(17)22/h2-12,14,28H,13,15H2,1H3,(H,29,32)(H,30,33). The fraction of sp³-hybridized carbons (Fsp3) is 0.111. The average Bonchev–Trinajstić information content (AvgIpc) is 3.41. The van der Waals surface area contributed by atoms with Crippen molar-refractivity contribution in [2.24, 2.45) is 0 Å². The number of H-pyrrole nitrogens is 1. The quantitative estimate of drug-likeness (QED) is 0.288. The largest absolute Gasteiger partial charge is 0.496 e. The van der Waals surface area contributed by atoms with Gasteiger partial charge in [-0.25, -0.2) is 0 Å². The smallest absolute Gasteiger partial charge is 0.273 e. The van der Waals surface area contributed by atoms with Crippen molar-refractivity contribution in [3.05, 3.63) is 101 Å². The molecule has 0 saturated carbocycles. The monoisotopic (exact) mass is 482 g/mol. The van der Waals surface area contributed by atoms with Gasteiger partial charge in [-0.3, -0.25) is 34.9 Å². The predicted molar refractivity (Wildman–Crippen MR) is 131 cm³/mol. The topological polar surface area (TPSA) is 121 Å². The van der Waals surface area contributed by atoms with E-state index in [1.807, 2.05) is 24.3 Å². The number of carbonyl (C=O) groups excluding carboxylic acids is 4. The summed E-state index contributed by atoms with van der Waals surface area (Å²) in [5.74, 6) is -1.48. The Morgan fingerprint density at radius 3 is 2.33 bits per heavy atom. The molecule has 0 unspecified atom stereocenters. The molecule has 0 radical (unpaired) electrons. The zero-order chi connectivity index (χ0) is 25.2. The third-order valence-electron chi connectivity index (χ3n) is 6.07. The van der Waals surface area contributed by atoms with Gasteiger partial charge >= 0.3 is 0 Å². The Balaban J connectivity index is 1.27. The maximum absolute atomic E-state index is 12.9. The van der Waals surface area contributed by atoms with Crippen LogP contribution in [0.25, 0.3) is 10.9 Å². The van der Waals surface area contributed by atoms with Gasteiger partial charge in [-0.2, -0.15) is 0 Å². The number of hydrogen-bond acceptors (Lipinski definition) is 5. The molecule has 4 amide bonds. The van der Waals surface area contributed by atoms with Crippen LogP contribution in [0.1, 0.15) is 42.2 Å². The van der Waals surface area contributed by atoms with Gasteiger partial charge in [0.1, 0.15) is 5.75 Å². The number of aromatic amines is 1. The molecule has 0 bridgehead atoms. The minimum Gasteiger partial charge on any atom is -0.496 e. The first-order valence-electron chi connectivity index (χ1n) is 11.2. The normalized spacial score (nSPS) is 12.5. The molecule has 3 aromatic carbocycles. The fourth-order valence-corrected chi connectivity index (χ4v) is 4.29.